The second-order valence-corrected chi connectivity index (χ2v) is 18.8. The number of nitrogens with one attached hydrogen (secondary N) is 8. The number of carbonyl (C=O) groups excluding carboxylic acids is 10. The molecule has 0 spiro atoms. The van der Waals surface area contributed by atoms with Gasteiger partial charge in [-0.1, -0.05) is 30.9 Å². The van der Waals surface area contributed by atoms with Gasteiger partial charge in [-0.05, 0) is 65.2 Å². The molecule has 2 rings (SSSR count). The number of fused-ring (bicyclic) bond motifs is 1. The minimum Gasteiger partial charge on any atom is -0.391 e. The average Bonchev–Trinajstić information content (AvgIpc) is 3.61. The van der Waals surface area contributed by atoms with Crippen molar-refractivity contribution in [3.8, 4) is 0 Å². The molecule has 0 aliphatic heterocycles. The highest BCUT2D eigenvalue weighted by Gasteiger charge is 2.39. The van der Waals surface area contributed by atoms with E-state index in [-0.39, 0.29) is 18.5 Å². The van der Waals surface area contributed by atoms with Gasteiger partial charge in [-0.25, -0.2) is 0 Å². The minimum atomic E-state index is -1.82. The van der Waals surface area contributed by atoms with Gasteiger partial charge in [-0.15, -0.1) is 0 Å². The van der Waals surface area contributed by atoms with Crippen molar-refractivity contribution in [2.45, 2.75) is 125 Å². The number of H-pyrrole nitrogens is 1. The number of aliphatic hydroxyl groups excluding tert-OH is 1. The van der Waals surface area contributed by atoms with E-state index in [0.717, 1.165) is 13.0 Å². The third kappa shape index (κ3) is 17.5. The van der Waals surface area contributed by atoms with Crippen molar-refractivity contribution in [2.24, 2.45) is 17.2 Å². The SMILES string of the molecule is C=C/C=C(\NC(=O)C(NC(=O)C(CCC(N)=O)NC(=O)C(Cc1c[nH]c2ccccc12)NC(=O)C(NC(=O)C(CCC(N)=O)NC(=O)C(NC(C)=O)C(C)(C)S)C(C)O)C(C)(C)S)C(N)=O. The number of primary amides is 3. The number of aliphatic hydroxyl groups is 1. The zero-order valence-electron chi connectivity index (χ0n) is 37.5. The number of hydrogen-bond acceptors (Lipinski definition) is 13. The number of nitrogens with two attached hydrogens (primary N) is 3. The van der Waals surface area contributed by atoms with Gasteiger partial charge in [0.1, 0.15) is 41.9 Å². The second-order valence-electron chi connectivity index (χ2n) is 16.5. The van der Waals surface area contributed by atoms with Gasteiger partial charge in [0.2, 0.25) is 53.2 Å². The number of carbonyl (C=O) groups is 10. The van der Waals surface area contributed by atoms with Crippen molar-refractivity contribution < 1.29 is 53.1 Å². The second kappa shape index (κ2) is 24.8. The molecule has 15 N–H and O–H groups in total. The van der Waals surface area contributed by atoms with Crippen LogP contribution in [0.15, 0.2) is 54.9 Å². The van der Waals surface area contributed by atoms with E-state index in [0.29, 0.717) is 16.5 Å². The zero-order valence-corrected chi connectivity index (χ0v) is 39.3. The lowest BCUT2D eigenvalue weighted by atomic mass is 9.99. The van der Waals surface area contributed by atoms with Crippen molar-refractivity contribution in [2.75, 3.05) is 0 Å². The van der Waals surface area contributed by atoms with Crippen molar-refractivity contribution in [1.29, 1.82) is 0 Å². The maximum absolute atomic E-state index is 14.4. The number of allylic oxidation sites excluding steroid dienone is 2. The Balaban J connectivity index is 2.57. The van der Waals surface area contributed by atoms with Gasteiger partial charge in [0.15, 0.2) is 0 Å². The Morgan fingerprint density at radius 3 is 1.68 bits per heavy atom. The van der Waals surface area contributed by atoms with Gasteiger partial charge < -0.3 is 64.5 Å². The van der Waals surface area contributed by atoms with Crippen LogP contribution in [-0.2, 0) is 54.4 Å². The Morgan fingerprint density at radius 2 is 1.20 bits per heavy atom. The number of aromatic amines is 1. The molecule has 0 aliphatic rings. The Hall–Kier alpha value is -6.40. The van der Waals surface area contributed by atoms with E-state index < -0.39 is 130 Å². The van der Waals surface area contributed by atoms with E-state index in [2.05, 4.69) is 74.0 Å². The highest BCUT2D eigenvalue weighted by Crippen LogP contribution is 2.22. The van der Waals surface area contributed by atoms with Crippen molar-refractivity contribution in [1.82, 2.24) is 42.2 Å². The van der Waals surface area contributed by atoms with E-state index in [1.165, 1.54) is 40.7 Å². The molecule has 22 nitrogen and oxygen atoms in total. The summed E-state index contributed by atoms with van der Waals surface area (Å²) in [5.74, 6) is -9.27. The average molecular weight is 960 g/mol. The van der Waals surface area contributed by atoms with Crippen LogP contribution in [0.5, 0.6) is 0 Å². The molecule has 0 aliphatic carbocycles. The normalized spacial score (nSPS) is 15.0. The first-order chi connectivity index (χ1) is 30.6. The van der Waals surface area contributed by atoms with E-state index in [1.807, 2.05) is 0 Å². The molecule has 1 aromatic carbocycles. The van der Waals surface area contributed by atoms with Crippen LogP contribution in [0.1, 0.15) is 72.8 Å². The molecule has 0 saturated carbocycles. The number of hydrogen-bond donors (Lipinski definition) is 14. The summed E-state index contributed by atoms with van der Waals surface area (Å²) in [4.78, 5) is 134. The maximum atomic E-state index is 14.4. The molecule has 1 aromatic heterocycles. The van der Waals surface area contributed by atoms with Crippen LogP contribution in [0.3, 0.4) is 0 Å². The van der Waals surface area contributed by atoms with E-state index >= 15 is 0 Å². The number of thiol groups is 2. The molecule has 2 aromatic rings. The standard InChI is InChI=1S/C42H61N11O11S2/c1-8-11-25(34(45)58)48-40(64)33(42(6,7)66)53-36(60)27(15-17-30(44)57)49-37(61)28(18-22-19-46-24-13-10-9-12-23(22)24)51-38(62)31(20(2)54)52-35(59)26(14-16-29(43)56)50-39(63)32(41(4,5)65)47-21(3)55/h8-13,19-20,26-28,31-33,46,54,65-66H,1,14-18H2,2-7H3,(H2,43,56)(H2,44,57)(H2,45,58)(H,47,55)(H,48,64)(H,49,61)(H,50,63)(H,51,62)(H,52,59)(H,53,60)/b25-11-. The first-order valence-electron chi connectivity index (χ1n) is 20.5. The molecule has 10 amide bonds. The Morgan fingerprint density at radius 1 is 0.712 bits per heavy atom. The maximum Gasteiger partial charge on any atom is 0.265 e. The summed E-state index contributed by atoms with van der Waals surface area (Å²) < 4.78 is -2.47. The first kappa shape index (κ1) is 55.7. The quantitative estimate of drug-likeness (QED) is 0.0269. The van der Waals surface area contributed by atoms with Gasteiger partial charge in [-0.3, -0.25) is 47.9 Å². The fourth-order valence-corrected chi connectivity index (χ4v) is 6.73. The van der Waals surface area contributed by atoms with E-state index in [9.17, 15) is 53.1 Å². The lowest BCUT2D eigenvalue weighted by molar-refractivity contribution is -0.137. The molecular formula is C42H61N11O11S2. The Labute approximate surface area is 392 Å². The highest BCUT2D eigenvalue weighted by atomic mass is 32.1. The third-order valence-electron chi connectivity index (χ3n) is 9.80. The summed E-state index contributed by atoms with van der Waals surface area (Å²) >= 11 is 8.84. The molecule has 362 valence electrons. The molecule has 7 unspecified atom stereocenters. The lowest BCUT2D eigenvalue weighted by Gasteiger charge is -2.32. The van der Waals surface area contributed by atoms with Crippen molar-refractivity contribution in [3.63, 3.8) is 0 Å². The summed E-state index contributed by atoms with van der Waals surface area (Å²) in [5.41, 5.74) is 16.9. The van der Waals surface area contributed by atoms with Crippen LogP contribution in [0.4, 0.5) is 0 Å². The molecule has 24 heteroatoms. The molecule has 1 heterocycles. The van der Waals surface area contributed by atoms with Gasteiger partial charge in [0.05, 0.1) is 6.10 Å². The molecule has 0 fully saturated rings. The lowest BCUT2D eigenvalue weighted by Crippen LogP contribution is -2.63. The van der Waals surface area contributed by atoms with Gasteiger partial charge in [0, 0.05) is 52.8 Å². The smallest absolute Gasteiger partial charge is 0.265 e. The Kier molecular flexibility index (Phi) is 20.9. The van der Waals surface area contributed by atoms with E-state index in [1.54, 1.807) is 30.5 Å². The van der Waals surface area contributed by atoms with Crippen LogP contribution in [-0.4, -0.2) is 121 Å². The zero-order chi connectivity index (χ0) is 50.3. The number of amides is 10. The van der Waals surface area contributed by atoms with E-state index in [4.69, 9.17) is 17.2 Å². The van der Waals surface area contributed by atoms with Gasteiger partial charge in [-0.2, -0.15) is 25.3 Å². The van der Waals surface area contributed by atoms with Crippen molar-refractivity contribution in [3.05, 3.63) is 60.5 Å². The fraction of sp³-hybridized carbons (Fsp3) is 0.476. The summed E-state index contributed by atoms with van der Waals surface area (Å²) in [6, 6.07) is -2.33. The summed E-state index contributed by atoms with van der Waals surface area (Å²) in [7, 11) is 0. The predicted octanol–water partition coefficient (Wildman–Crippen LogP) is -2.36. The number of aromatic nitrogens is 1. The van der Waals surface area contributed by atoms with Crippen LogP contribution in [0.2, 0.25) is 0 Å². The topological polar surface area (TPSA) is 369 Å². The number of benzene rings is 1. The first-order valence-corrected chi connectivity index (χ1v) is 21.4. The van der Waals surface area contributed by atoms with Gasteiger partial charge in [0.25, 0.3) is 5.91 Å². The third-order valence-corrected chi connectivity index (χ3v) is 10.3. The molecule has 7 atom stereocenters. The molecule has 0 bridgehead atoms. The summed E-state index contributed by atoms with van der Waals surface area (Å²) in [6.45, 7) is 11.8. The van der Waals surface area contributed by atoms with Crippen LogP contribution in [0.25, 0.3) is 10.9 Å². The summed E-state index contributed by atoms with van der Waals surface area (Å²) in [6.07, 6.45) is 0.378. The van der Waals surface area contributed by atoms with Crippen LogP contribution in [0, 0.1) is 0 Å². The minimum absolute atomic E-state index is 0.256. The predicted molar refractivity (Wildman–Crippen MR) is 250 cm³/mol. The van der Waals surface area contributed by atoms with Crippen LogP contribution < -0.4 is 54.4 Å². The molecule has 66 heavy (non-hydrogen) atoms. The highest BCUT2D eigenvalue weighted by molar-refractivity contribution is 7.82. The summed E-state index contributed by atoms with van der Waals surface area (Å²) in [5, 5.41) is 28.5. The van der Waals surface area contributed by atoms with Crippen molar-refractivity contribution >= 4 is 95.2 Å². The van der Waals surface area contributed by atoms with Crippen LogP contribution >= 0.6 is 25.3 Å². The molecular weight excluding hydrogens is 899 g/mol. The molecule has 0 radical (unpaired) electrons. The Bertz CT molecular complexity index is 2200. The number of para-hydroxylation sites is 1. The number of rotatable bonds is 26. The molecule has 0 saturated heterocycles. The fourth-order valence-electron chi connectivity index (χ4n) is 6.37. The largest absolute Gasteiger partial charge is 0.391 e. The van der Waals surface area contributed by atoms with Gasteiger partial charge >= 0.3 is 0 Å². The monoisotopic (exact) mass is 959 g/mol.